The molecule has 0 atom stereocenters. The molecular formula is C13H15NS2. The smallest absolute Gasteiger partial charge is 0.0409 e. The van der Waals surface area contributed by atoms with Crippen LogP contribution in [0.2, 0.25) is 0 Å². The first-order valence-electron chi connectivity index (χ1n) is 5.21. The highest BCUT2D eigenvalue weighted by atomic mass is 32.2. The number of anilines is 1. The minimum Gasteiger partial charge on any atom is -0.381 e. The Bertz CT molecular complexity index is 406. The van der Waals surface area contributed by atoms with E-state index in [0.717, 1.165) is 12.3 Å². The zero-order valence-electron chi connectivity index (χ0n) is 9.27. The summed E-state index contributed by atoms with van der Waals surface area (Å²) in [5.74, 6) is 1.09. The molecule has 0 radical (unpaired) electrons. The Morgan fingerprint density at radius 2 is 1.94 bits per heavy atom. The van der Waals surface area contributed by atoms with Crippen molar-refractivity contribution in [2.24, 2.45) is 0 Å². The fraction of sp³-hybridized carbons (Fsp3) is 0.231. The Labute approximate surface area is 105 Å². The van der Waals surface area contributed by atoms with Crippen LogP contribution in [0.1, 0.15) is 11.1 Å². The lowest BCUT2D eigenvalue weighted by molar-refractivity contribution is 1.16. The third-order valence-electron chi connectivity index (χ3n) is 2.34. The molecule has 0 bridgehead atoms. The summed E-state index contributed by atoms with van der Waals surface area (Å²) >= 11 is 3.59. The Morgan fingerprint density at radius 1 is 1.12 bits per heavy atom. The molecule has 16 heavy (non-hydrogen) atoms. The van der Waals surface area contributed by atoms with Crippen molar-refractivity contribution in [1.82, 2.24) is 0 Å². The number of thiophene rings is 1. The second-order valence-corrected chi connectivity index (χ2v) is 5.26. The van der Waals surface area contributed by atoms with Gasteiger partial charge in [-0.05, 0) is 46.3 Å². The Hall–Kier alpha value is -0.930. The van der Waals surface area contributed by atoms with E-state index in [2.05, 4.69) is 52.7 Å². The number of hydrogen-bond acceptors (Lipinski definition) is 3. The highest BCUT2D eigenvalue weighted by Crippen LogP contribution is 2.15. The third kappa shape index (κ3) is 3.29. The summed E-state index contributed by atoms with van der Waals surface area (Å²) in [7, 11) is 0. The maximum atomic E-state index is 3.42. The molecule has 0 aliphatic rings. The normalized spacial score (nSPS) is 10.3. The number of hydrogen-bond donors (Lipinski definition) is 1. The van der Waals surface area contributed by atoms with Gasteiger partial charge in [-0.25, -0.2) is 0 Å². The molecule has 2 rings (SSSR count). The predicted octanol–water partition coefficient (Wildman–Crippen LogP) is 4.22. The van der Waals surface area contributed by atoms with E-state index in [4.69, 9.17) is 0 Å². The highest BCUT2D eigenvalue weighted by molar-refractivity contribution is 7.97. The lowest BCUT2D eigenvalue weighted by Gasteiger charge is -2.06. The molecule has 1 aromatic carbocycles. The topological polar surface area (TPSA) is 12.0 Å². The molecule has 2 aromatic rings. The Balaban J connectivity index is 1.90. The van der Waals surface area contributed by atoms with Crippen molar-refractivity contribution in [2.75, 3.05) is 11.6 Å². The van der Waals surface area contributed by atoms with Crippen molar-refractivity contribution in [2.45, 2.75) is 12.3 Å². The van der Waals surface area contributed by atoms with Crippen LogP contribution in [0.25, 0.3) is 0 Å². The second-order valence-electron chi connectivity index (χ2n) is 3.62. The maximum absolute atomic E-state index is 3.42. The second kappa shape index (κ2) is 5.97. The Morgan fingerprint density at radius 3 is 2.56 bits per heavy atom. The minimum atomic E-state index is 0.908. The van der Waals surface area contributed by atoms with E-state index in [1.165, 1.54) is 16.8 Å². The van der Waals surface area contributed by atoms with Crippen molar-refractivity contribution in [3.8, 4) is 0 Å². The van der Waals surface area contributed by atoms with Gasteiger partial charge < -0.3 is 5.32 Å². The van der Waals surface area contributed by atoms with Crippen LogP contribution in [0, 0.1) is 0 Å². The van der Waals surface area contributed by atoms with Gasteiger partial charge in [-0.15, -0.1) is 0 Å². The van der Waals surface area contributed by atoms with E-state index in [-0.39, 0.29) is 0 Å². The lowest BCUT2D eigenvalue weighted by atomic mass is 10.2. The van der Waals surface area contributed by atoms with Crippen LogP contribution in [0.3, 0.4) is 0 Å². The molecule has 1 heterocycles. The highest BCUT2D eigenvalue weighted by Gasteiger charge is 1.95. The van der Waals surface area contributed by atoms with Gasteiger partial charge in [0.25, 0.3) is 0 Å². The molecule has 1 nitrogen and oxygen atoms in total. The van der Waals surface area contributed by atoms with Crippen LogP contribution in [-0.2, 0) is 12.3 Å². The van der Waals surface area contributed by atoms with Crippen molar-refractivity contribution in [3.05, 3.63) is 52.2 Å². The van der Waals surface area contributed by atoms with Gasteiger partial charge in [0.05, 0.1) is 0 Å². The van der Waals surface area contributed by atoms with Crippen LogP contribution < -0.4 is 5.32 Å². The average molecular weight is 249 g/mol. The van der Waals surface area contributed by atoms with Gasteiger partial charge in [-0.1, -0.05) is 12.1 Å². The molecule has 1 N–H and O–H groups in total. The molecule has 0 aliphatic carbocycles. The number of nitrogens with one attached hydrogen (secondary N) is 1. The standard InChI is InChI=1S/C13H15NS2/c1-15-9-11-2-4-13(5-3-11)14-8-12-6-7-16-10-12/h2-7,10,14H,8-9H2,1H3. The van der Waals surface area contributed by atoms with E-state index >= 15 is 0 Å². The quantitative estimate of drug-likeness (QED) is 0.851. The van der Waals surface area contributed by atoms with Gasteiger partial charge in [0, 0.05) is 18.0 Å². The van der Waals surface area contributed by atoms with Crippen molar-refractivity contribution < 1.29 is 0 Å². The van der Waals surface area contributed by atoms with E-state index in [1.54, 1.807) is 11.3 Å². The first kappa shape index (κ1) is 11.6. The summed E-state index contributed by atoms with van der Waals surface area (Å²) in [6.45, 7) is 0.908. The van der Waals surface area contributed by atoms with E-state index < -0.39 is 0 Å². The zero-order chi connectivity index (χ0) is 11.2. The van der Waals surface area contributed by atoms with Crippen LogP contribution in [0.15, 0.2) is 41.1 Å². The van der Waals surface area contributed by atoms with Gasteiger partial charge in [0.1, 0.15) is 0 Å². The number of rotatable bonds is 5. The molecule has 0 aliphatic heterocycles. The van der Waals surface area contributed by atoms with Crippen molar-refractivity contribution in [1.29, 1.82) is 0 Å². The molecule has 1 aromatic heterocycles. The lowest BCUT2D eigenvalue weighted by Crippen LogP contribution is -1.97. The SMILES string of the molecule is CSCc1ccc(NCc2ccsc2)cc1. The van der Waals surface area contributed by atoms with Gasteiger partial charge in [-0.2, -0.15) is 23.1 Å². The zero-order valence-corrected chi connectivity index (χ0v) is 10.9. The summed E-state index contributed by atoms with van der Waals surface area (Å²) in [6.07, 6.45) is 2.13. The molecule has 0 saturated heterocycles. The van der Waals surface area contributed by atoms with Gasteiger partial charge >= 0.3 is 0 Å². The van der Waals surface area contributed by atoms with Gasteiger partial charge in [-0.3, -0.25) is 0 Å². The third-order valence-corrected chi connectivity index (χ3v) is 3.70. The van der Waals surface area contributed by atoms with E-state index in [0.29, 0.717) is 0 Å². The van der Waals surface area contributed by atoms with Crippen LogP contribution >= 0.6 is 23.1 Å². The molecule has 0 fully saturated rings. The van der Waals surface area contributed by atoms with Gasteiger partial charge in [0.2, 0.25) is 0 Å². The monoisotopic (exact) mass is 249 g/mol. The summed E-state index contributed by atoms with van der Waals surface area (Å²) in [4.78, 5) is 0. The minimum absolute atomic E-state index is 0.908. The largest absolute Gasteiger partial charge is 0.381 e. The summed E-state index contributed by atoms with van der Waals surface area (Å²) in [5, 5.41) is 7.70. The first-order valence-corrected chi connectivity index (χ1v) is 7.55. The van der Waals surface area contributed by atoms with Crippen LogP contribution in [0.5, 0.6) is 0 Å². The van der Waals surface area contributed by atoms with Crippen LogP contribution in [0.4, 0.5) is 5.69 Å². The number of benzene rings is 1. The molecule has 0 saturated carbocycles. The summed E-state index contributed by atoms with van der Waals surface area (Å²) in [6, 6.07) is 10.8. The van der Waals surface area contributed by atoms with E-state index in [9.17, 15) is 0 Å². The van der Waals surface area contributed by atoms with Crippen molar-refractivity contribution >= 4 is 28.8 Å². The van der Waals surface area contributed by atoms with Crippen molar-refractivity contribution in [3.63, 3.8) is 0 Å². The fourth-order valence-electron chi connectivity index (χ4n) is 1.48. The number of thioether (sulfide) groups is 1. The molecule has 0 unspecified atom stereocenters. The van der Waals surface area contributed by atoms with E-state index in [1.807, 2.05) is 11.8 Å². The van der Waals surface area contributed by atoms with Gasteiger partial charge in [0.15, 0.2) is 0 Å². The first-order chi connectivity index (χ1) is 7.88. The average Bonchev–Trinajstić information content (AvgIpc) is 2.82. The predicted molar refractivity (Wildman–Crippen MR) is 75.3 cm³/mol. The molecule has 0 spiro atoms. The summed E-state index contributed by atoms with van der Waals surface area (Å²) in [5.41, 5.74) is 3.92. The molecule has 0 amide bonds. The fourth-order valence-corrected chi connectivity index (χ4v) is 2.68. The molecule has 3 heteroatoms. The van der Waals surface area contributed by atoms with Crippen LogP contribution in [-0.4, -0.2) is 6.26 Å². The molecule has 84 valence electrons. The maximum Gasteiger partial charge on any atom is 0.0409 e. The molecular weight excluding hydrogens is 234 g/mol. The summed E-state index contributed by atoms with van der Waals surface area (Å²) < 4.78 is 0. The Kier molecular flexibility index (Phi) is 4.31.